The zero-order valence-electron chi connectivity index (χ0n) is 10.8. The third-order valence-corrected chi connectivity index (χ3v) is 3.23. The van der Waals surface area contributed by atoms with E-state index in [1.165, 1.54) is 0 Å². The van der Waals surface area contributed by atoms with Crippen LogP contribution in [0.25, 0.3) is 0 Å². The molecular formula is C11H24O3Si. The molecule has 0 aliphatic rings. The molecule has 0 N–H and O–H groups in total. The smallest absolute Gasteiger partial charge is 0.308 e. The molecule has 0 aromatic carbocycles. The van der Waals surface area contributed by atoms with Gasteiger partial charge >= 0.3 is 5.97 Å². The Kier molecular flexibility index (Phi) is 5.52. The van der Waals surface area contributed by atoms with Gasteiger partial charge in [-0.25, -0.2) is 0 Å². The first-order chi connectivity index (χ1) is 6.72. The van der Waals surface area contributed by atoms with Gasteiger partial charge in [0, 0.05) is 0 Å². The van der Waals surface area contributed by atoms with Crippen molar-refractivity contribution in [3.05, 3.63) is 0 Å². The molecule has 0 spiro atoms. The number of ether oxygens (including phenoxy) is 1. The number of carbonyl (C=O) groups is 1. The molecule has 0 amide bonds. The van der Waals surface area contributed by atoms with Crippen molar-refractivity contribution in [2.24, 2.45) is 0 Å². The summed E-state index contributed by atoms with van der Waals surface area (Å²) < 4.78 is 11.0. The minimum atomic E-state index is -1.61. The van der Waals surface area contributed by atoms with E-state index in [-0.39, 0.29) is 11.6 Å². The van der Waals surface area contributed by atoms with Crippen molar-refractivity contribution in [2.75, 3.05) is 6.61 Å². The van der Waals surface area contributed by atoms with Gasteiger partial charge in [0.25, 0.3) is 0 Å². The number of hydrogen-bond donors (Lipinski definition) is 0. The van der Waals surface area contributed by atoms with Gasteiger partial charge in [-0.2, -0.15) is 0 Å². The second kappa shape index (κ2) is 5.65. The largest absolute Gasteiger partial charge is 0.466 e. The third kappa shape index (κ3) is 6.68. The summed E-state index contributed by atoms with van der Waals surface area (Å²) in [5.41, 5.74) is -0.364. The molecule has 0 radical (unpaired) electrons. The van der Waals surface area contributed by atoms with Crippen molar-refractivity contribution in [3.63, 3.8) is 0 Å². The molecule has 0 heterocycles. The number of rotatable bonds is 6. The van der Waals surface area contributed by atoms with Crippen LogP contribution in [0.4, 0.5) is 0 Å². The number of carbonyl (C=O) groups excluding carboxylic acids is 1. The van der Waals surface area contributed by atoms with Crippen molar-refractivity contribution < 1.29 is 14.0 Å². The van der Waals surface area contributed by atoms with Crippen molar-refractivity contribution >= 4 is 14.3 Å². The van der Waals surface area contributed by atoms with E-state index in [0.29, 0.717) is 13.0 Å². The van der Waals surface area contributed by atoms with Crippen molar-refractivity contribution in [1.29, 1.82) is 0 Å². The highest BCUT2D eigenvalue weighted by molar-refractivity contribution is 6.69. The normalized spacial score (nSPS) is 15.9. The van der Waals surface area contributed by atoms with Crippen LogP contribution in [0.5, 0.6) is 0 Å². The van der Waals surface area contributed by atoms with Crippen molar-refractivity contribution in [2.45, 2.75) is 58.9 Å². The average Bonchev–Trinajstić information content (AvgIpc) is 2.00. The lowest BCUT2D eigenvalue weighted by molar-refractivity contribution is -0.147. The molecule has 0 saturated carbocycles. The lowest BCUT2D eigenvalue weighted by atomic mass is 10.00. The maximum absolute atomic E-state index is 11.4. The van der Waals surface area contributed by atoms with E-state index >= 15 is 0 Å². The van der Waals surface area contributed by atoms with Crippen LogP contribution in [0.3, 0.4) is 0 Å². The Morgan fingerprint density at radius 2 is 1.80 bits per heavy atom. The average molecular weight is 232 g/mol. The molecule has 4 heteroatoms. The topological polar surface area (TPSA) is 35.5 Å². The lowest BCUT2D eigenvalue weighted by Crippen LogP contribution is -2.41. The minimum absolute atomic E-state index is 0.167. The summed E-state index contributed by atoms with van der Waals surface area (Å²) in [7, 11) is -1.61. The van der Waals surface area contributed by atoms with E-state index in [0.717, 1.165) is 6.42 Å². The highest BCUT2D eigenvalue weighted by Gasteiger charge is 2.32. The van der Waals surface area contributed by atoms with E-state index in [9.17, 15) is 4.79 Å². The van der Waals surface area contributed by atoms with E-state index in [1.54, 1.807) is 0 Å². The molecule has 0 bridgehead atoms. The maximum atomic E-state index is 11.4. The summed E-state index contributed by atoms with van der Waals surface area (Å²) in [5.74, 6) is -0.167. The molecule has 0 fully saturated rings. The second-order valence-electron chi connectivity index (χ2n) is 5.00. The predicted molar refractivity (Wildman–Crippen MR) is 64.4 cm³/mol. The highest BCUT2D eigenvalue weighted by atomic mass is 28.4. The van der Waals surface area contributed by atoms with Crippen LogP contribution in [-0.4, -0.2) is 26.5 Å². The molecule has 1 atom stereocenters. The van der Waals surface area contributed by atoms with Gasteiger partial charge in [-0.15, -0.1) is 0 Å². The molecule has 3 nitrogen and oxygen atoms in total. The second-order valence-corrected chi connectivity index (χ2v) is 9.43. The maximum Gasteiger partial charge on any atom is 0.308 e. The van der Waals surface area contributed by atoms with Crippen molar-refractivity contribution in [3.8, 4) is 0 Å². The molecule has 0 aliphatic carbocycles. The summed E-state index contributed by atoms with van der Waals surface area (Å²) in [5, 5.41) is 0. The van der Waals surface area contributed by atoms with Gasteiger partial charge < -0.3 is 9.16 Å². The summed E-state index contributed by atoms with van der Waals surface area (Å²) in [6.45, 7) is 12.7. The van der Waals surface area contributed by atoms with Crippen LogP contribution in [0.1, 0.15) is 33.6 Å². The molecule has 0 aliphatic heterocycles. The first-order valence-electron chi connectivity index (χ1n) is 5.58. The van der Waals surface area contributed by atoms with Gasteiger partial charge in [0.15, 0.2) is 8.32 Å². The number of hydrogen-bond acceptors (Lipinski definition) is 3. The summed E-state index contributed by atoms with van der Waals surface area (Å²) in [6.07, 6.45) is 1.18. The minimum Gasteiger partial charge on any atom is -0.466 e. The Morgan fingerprint density at radius 1 is 1.27 bits per heavy atom. The predicted octanol–water partition coefficient (Wildman–Crippen LogP) is 2.96. The standard InChI is InChI=1S/C11H24O3Si/c1-7-11(3,14-15(4,5)6)9-10(12)13-8-2/h7-9H2,1-6H3. The summed E-state index contributed by atoms with van der Waals surface area (Å²) in [6, 6.07) is 0. The van der Waals surface area contributed by atoms with Crippen molar-refractivity contribution in [1.82, 2.24) is 0 Å². The van der Waals surface area contributed by atoms with Gasteiger partial charge in [0.1, 0.15) is 0 Å². The van der Waals surface area contributed by atoms with E-state index < -0.39 is 8.32 Å². The van der Waals surface area contributed by atoms with Gasteiger partial charge in [-0.3, -0.25) is 4.79 Å². The van der Waals surface area contributed by atoms with Gasteiger partial charge in [0.2, 0.25) is 0 Å². The lowest BCUT2D eigenvalue weighted by Gasteiger charge is -2.34. The third-order valence-electron chi connectivity index (χ3n) is 2.12. The molecule has 0 rings (SSSR count). The Morgan fingerprint density at radius 3 is 2.13 bits per heavy atom. The molecular weight excluding hydrogens is 208 g/mol. The Bertz CT molecular complexity index is 210. The van der Waals surface area contributed by atoms with Crippen LogP contribution in [0, 0.1) is 0 Å². The fourth-order valence-corrected chi connectivity index (χ4v) is 3.18. The van der Waals surface area contributed by atoms with Crippen LogP contribution in [0.2, 0.25) is 19.6 Å². The van der Waals surface area contributed by atoms with Crippen LogP contribution >= 0.6 is 0 Å². The summed E-state index contributed by atoms with van der Waals surface area (Å²) >= 11 is 0. The monoisotopic (exact) mass is 232 g/mol. The van der Waals surface area contributed by atoms with Crippen LogP contribution in [0.15, 0.2) is 0 Å². The molecule has 0 aromatic heterocycles. The molecule has 15 heavy (non-hydrogen) atoms. The van der Waals surface area contributed by atoms with Crippen LogP contribution < -0.4 is 0 Å². The Labute approximate surface area is 94.3 Å². The molecule has 90 valence electrons. The van der Waals surface area contributed by atoms with E-state index in [4.69, 9.17) is 9.16 Å². The quantitative estimate of drug-likeness (QED) is 0.522. The number of esters is 1. The fourth-order valence-electron chi connectivity index (χ4n) is 1.49. The Balaban J connectivity index is 4.37. The van der Waals surface area contributed by atoms with Crippen LogP contribution in [-0.2, 0) is 14.0 Å². The van der Waals surface area contributed by atoms with Gasteiger partial charge in [0.05, 0.1) is 18.6 Å². The molecule has 1 unspecified atom stereocenters. The van der Waals surface area contributed by atoms with E-state index in [1.807, 2.05) is 20.8 Å². The van der Waals surface area contributed by atoms with Gasteiger partial charge in [-0.1, -0.05) is 6.92 Å². The van der Waals surface area contributed by atoms with E-state index in [2.05, 4.69) is 19.6 Å². The summed E-state index contributed by atoms with van der Waals surface area (Å²) in [4.78, 5) is 11.4. The first-order valence-corrected chi connectivity index (χ1v) is 8.99. The molecule has 0 saturated heterocycles. The highest BCUT2D eigenvalue weighted by Crippen LogP contribution is 2.25. The zero-order chi connectivity index (χ0) is 12.1. The first kappa shape index (κ1) is 14.6. The zero-order valence-corrected chi connectivity index (χ0v) is 11.8. The molecule has 0 aromatic rings. The fraction of sp³-hybridized carbons (Fsp3) is 0.909. The SMILES string of the molecule is CCOC(=O)CC(C)(CC)O[Si](C)(C)C. The van der Waals surface area contributed by atoms with Gasteiger partial charge in [-0.05, 0) is 39.9 Å². The Hall–Kier alpha value is -0.353.